The third-order valence-electron chi connectivity index (χ3n) is 7.86. The first kappa shape index (κ1) is 48.2. The second-order valence-corrected chi connectivity index (χ2v) is 15.3. The molecule has 2 aromatic heterocycles. The van der Waals surface area contributed by atoms with Gasteiger partial charge in [-0.25, -0.2) is 22.8 Å². The van der Waals surface area contributed by atoms with Crippen molar-refractivity contribution in [3.63, 3.8) is 0 Å². The Hall–Kier alpha value is -6.19. The second kappa shape index (κ2) is 20.2. The SMILES string of the molecule is Cn1c(N)c(NC(=O)NC(C(=O)NCCN)C(=O)NCCN)c[n+]1CC1=C(C(=O)O)N2C(=O)[C@@H](NC(=O)/C(=N\OC(C)(C)C(=O)O)c3nsc(N)n3)[C@H]2SC1.O=S(=O)([O-])O. The molecule has 2 aromatic rings. The van der Waals surface area contributed by atoms with E-state index in [1.54, 1.807) is 0 Å². The first-order valence-electron chi connectivity index (χ1n) is 16.8. The predicted octanol–water partition coefficient (Wildman–Crippen LogP) is -6.00. The maximum absolute atomic E-state index is 13.4. The van der Waals surface area contributed by atoms with Gasteiger partial charge in [0.2, 0.25) is 33.7 Å². The Kier molecular flexibility index (Phi) is 16.2. The predicted molar refractivity (Wildman–Crippen MR) is 206 cm³/mol. The summed E-state index contributed by atoms with van der Waals surface area (Å²) in [5.41, 5.74) is 20.2. The molecule has 32 heteroatoms. The van der Waals surface area contributed by atoms with E-state index in [-0.39, 0.29) is 72.2 Å². The van der Waals surface area contributed by atoms with Crippen LogP contribution in [0.25, 0.3) is 0 Å². The van der Waals surface area contributed by atoms with Crippen LogP contribution in [0.5, 0.6) is 0 Å². The average Bonchev–Trinajstić information content (AvgIpc) is 3.70. The fraction of sp³-hybridized carbons (Fsp3) is 0.464. The number of nitrogens with zero attached hydrogens (tertiary/aromatic N) is 6. The molecule has 2 atom stereocenters. The van der Waals surface area contributed by atoms with Crippen molar-refractivity contribution in [1.29, 1.82) is 0 Å². The van der Waals surface area contributed by atoms with Gasteiger partial charge in [0, 0.05) is 49.0 Å². The van der Waals surface area contributed by atoms with E-state index in [2.05, 4.69) is 41.1 Å². The minimum Gasteiger partial charge on any atom is -0.726 e. The number of aliphatic carboxylic acids is 2. The van der Waals surface area contributed by atoms with E-state index >= 15 is 0 Å². The zero-order chi connectivity index (χ0) is 45.3. The fourth-order valence-corrected chi connectivity index (χ4v) is 6.69. The Morgan fingerprint density at radius 3 is 2.20 bits per heavy atom. The molecule has 6 amide bonds. The summed E-state index contributed by atoms with van der Waals surface area (Å²) in [6.45, 7) is 2.51. The van der Waals surface area contributed by atoms with Crippen molar-refractivity contribution in [2.24, 2.45) is 23.7 Å². The van der Waals surface area contributed by atoms with E-state index in [0.29, 0.717) is 0 Å². The number of carboxylic acid groups (broad SMARTS) is 2. The Morgan fingerprint density at radius 1 is 1.12 bits per heavy atom. The lowest BCUT2D eigenvalue weighted by Gasteiger charge is -2.49. The van der Waals surface area contributed by atoms with E-state index < -0.39 is 80.8 Å². The van der Waals surface area contributed by atoms with Crippen LogP contribution in [0.15, 0.2) is 22.6 Å². The lowest BCUT2D eigenvalue weighted by atomic mass is 10.0. The van der Waals surface area contributed by atoms with Crippen LogP contribution in [0, 0.1) is 0 Å². The van der Waals surface area contributed by atoms with Gasteiger partial charge in [-0.3, -0.25) is 33.9 Å². The van der Waals surface area contributed by atoms with Gasteiger partial charge in [0.25, 0.3) is 23.6 Å². The number of carbonyl (C=O) groups excluding carboxylic acids is 5. The highest BCUT2D eigenvalue weighted by molar-refractivity contribution is 8.00. The maximum Gasteiger partial charge on any atom is 0.352 e. The molecule has 0 aliphatic carbocycles. The number of amides is 6. The zero-order valence-corrected chi connectivity index (χ0v) is 34.1. The number of fused-ring (bicyclic) bond motifs is 1. The lowest BCUT2D eigenvalue weighted by molar-refractivity contribution is -0.765. The van der Waals surface area contributed by atoms with E-state index in [1.165, 1.54) is 36.5 Å². The van der Waals surface area contributed by atoms with Gasteiger partial charge in [-0.1, -0.05) is 5.16 Å². The number of hydrogen-bond donors (Lipinski definition) is 12. The van der Waals surface area contributed by atoms with Gasteiger partial charge in [0.15, 0.2) is 29.2 Å². The first-order valence-corrected chi connectivity index (χ1v) is 20.0. The number of nitrogens with two attached hydrogens (primary N) is 4. The molecule has 16 N–H and O–H groups in total. The summed E-state index contributed by atoms with van der Waals surface area (Å²) < 4.78 is 39.6. The lowest BCUT2D eigenvalue weighted by Crippen LogP contribution is -2.71. The molecule has 0 aromatic carbocycles. The first-order chi connectivity index (χ1) is 27.9. The van der Waals surface area contributed by atoms with Crippen molar-refractivity contribution in [2.75, 3.05) is 48.7 Å². The van der Waals surface area contributed by atoms with Gasteiger partial charge in [-0.05, 0) is 13.8 Å². The van der Waals surface area contributed by atoms with Gasteiger partial charge in [-0.15, -0.1) is 21.1 Å². The van der Waals surface area contributed by atoms with Crippen molar-refractivity contribution < 1.29 is 70.8 Å². The molecule has 2 aliphatic heterocycles. The summed E-state index contributed by atoms with van der Waals surface area (Å²) in [6, 6.07) is -3.85. The van der Waals surface area contributed by atoms with Crippen LogP contribution >= 0.6 is 23.3 Å². The summed E-state index contributed by atoms with van der Waals surface area (Å²) in [6.07, 6.45) is 1.38. The number of oxime groups is 1. The summed E-state index contributed by atoms with van der Waals surface area (Å²) in [5, 5.41) is 34.4. The number of carbonyl (C=O) groups is 7. The van der Waals surface area contributed by atoms with E-state index in [1.807, 2.05) is 0 Å². The highest BCUT2D eigenvalue weighted by Crippen LogP contribution is 2.40. The summed E-state index contributed by atoms with van der Waals surface area (Å²) >= 11 is 1.87. The molecule has 0 saturated carbocycles. The topological polar surface area (TPSA) is 461 Å². The summed E-state index contributed by atoms with van der Waals surface area (Å²) in [7, 11) is -3.40. The molecule has 0 spiro atoms. The molecule has 4 heterocycles. The number of hydrogen-bond acceptors (Lipinski definition) is 20. The van der Waals surface area contributed by atoms with Crippen LogP contribution in [0.2, 0.25) is 0 Å². The molecule has 0 unspecified atom stereocenters. The van der Waals surface area contributed by atoms with Gasteiger partial charge in [-0.2, -0.15) is 9.36 Å². The van der Waals surface area contributed by atoms with Crippen molar-refractivity contribution in [2.45, 2.75) is 43.5 Å². The summed E-state index contributed by atoms with van der Waals surface area (Å²) in [5.74, 6) is -6.45. The Labute approximate surface area is 347 Å². The number of rotatable bonds is 17. The Morgan fingerprint density at radius 2 is 1.70 bits per heavy atom. The third-order valence-corrected chi connectivity index (χ3v) is 9.74. The number of aromatic nitrogens is 4. The minimum atomic E-state index is -4.92. The van der Waals surface area contributed by atoms with Gasteiger partial charge in [0.05, 0.1) is 7.05 Å². The van der Waals surface area contributed by atoms with Crippen molar-refractivity contribution in [3.8, 4) is 0 Å². The molecule has 60 heavy (non-hydrogen) atoms. The highest BCUT2D eigenvalue weighted by atomic mass is 32.3. The molecule has 4 rings (SSSR count). The monoisotopic (exact) mass is 907 g/mol. The third kappa shape index (κ3) is 12.4. The second-order valence-electron chi connectivity index (χ2n) is 12.6. The fourth-order valence-electron chi connectivity index (χ4n) is 4.92. The van der Waals surface area contributed by atoms with Crippen LogP contribution in [0.1, 0.15) is 19.7 Å². The maximum atomic E-state index is 13.4. The highest BCUT2D eigenvalue weighted by Gasteiger charge is 2.55. The number of nitrogen functional groups attached to an aromatic ring is 2. The Bertz CT molecular complexity index is 2160. The van der Waals surface area contributed by atoms with Crippen LogP contribution in [0.4, 0.5) is 21.4 Å². The molecular formula is C28H41N15O14S3. The van der Waals surface area contributed by atoms with E-state index in [9.17, 15) is 43.8 Å². The number of β-lactam (4-membered cyclic amide) rings is 1. The van der Waals surface area contributed by atoms with Crippen molar-refractivity contribution in [3.05, 3.63) is 23.3 Å². The smallest absolute Gasteiger partial charge is 0.352 e. The largest absolute Gasteiger partial charge is 0.726 e. The molecule has 0 radical (unpaired) electrons. The van der Waals surface area contributed by atoms with Crippen LogP contribution < -0.4 is 54.2 Å². The molecule has 330 valence electrons. The van der Waals surface area contributed by atoms with Crippen LogP contribution in [-0.2, 0) is 57.6 Å². The number of urea groups is 1. The van der Waals surface area contributed by atoms with Gasteiger partial charge >= 0.3 is 18.0 Å². The standard InChI is InChI=1S/C28H39N15O10S2.H2O4S/c1-28(2,25(50)51)53-39-13(18-38-26(32)55-40-18)21(46)36-15-22(47)43-16(24(48)49)11(10-54-23(15)43)8-42-9-12(17(31)41(42)3)35-27(52)37-14(19(44)33-6-4-29)20(45)34-7-5-30;1-5(2,3)4/h9,14-15,23,31H,4-8,10,29-30H2,1-3H3,(H9,32,33,34,35,36,37,38,40,44,45,46,48,49,50,51,52);(H2,1,2,3,4)/b39-13-;/t15-,23-;/m1./s1. The Balaban J connectivity index is 0.00000181. The van der Waals surface area contributed by atoms with Crippen molar-refractivity contribution in [1.82, 2.24) is 40.2 Å². The number of nitrogens with one attached hydrogen (secondary N) is 5. The number of thioether (sulfide) groups is 1. The quantitative estimate of drug-likeness (QED) is 0.0134. The normalized spacial score (nSPS) is 16.4. The minimum absolute atomic E-state index is 0.0121. The van der Waals surface area contributed by atoms with Crippen LogP contribution in [-0.4, -0.2) is 149 Å². The molecule has 1 fully saturated rings. The summed E-state index contributed by atoms with van der Waals surface area (Å²) in [4.78, 5) is 98.9. The van der Waals surface area contributed by atoms with Crippen LogP contribution in [0.3, 0.4) is 0 Å². The molecule has 2 aliphatic rings. The average molecular weight is 908 g/mol. The molecular weight excluding hydrogens is 867 g/mol. The van der Waals surface area contributed by atoms with Crippen molar-refractivity contribution >= 4 is 97.6 Å². The molecule has 29 nitrogen and oxygen atoms in total. The number of anilines is 3. The van der Waals surface area contributed by atoms with Gasteiger partial charge < -0.3 is 63.8 Å². The van der Waals surface area contributed by atoms with E-state index in [0.717, 1.165) is 28.2 Å². The van der Waals surface area contributed by atoms with E-state index in [4.69, 9.17) is 45.3 Å². The molecule has 1 saturated heterocycles. The van der Waals surface area contributed by atoms with Gasteiger partial charge in [0.1, 0.15) is 17.1 Å². The number of carboxylic acids is 2. The molecule has 0 bridgehead atoms. The zero-order valence-electron chi connectivity index (χ0n) is 31.6.